The molecule has 13 rings (SSSR count). The quantitative estimate of drug-likeness (QED) is 0.0176. The molecule has 67 heteroatoms. The van der Waals surface area contributed by atoms with Crippen LogP contribution in [-0.4, -0.2) is 345 Å². The lowest BCUT2D eigenvalue weighted by Gasteiger charge is -2.15. The summed E-state index contributed by atoms with van der Waals surface area (Å²) in [4.78, 5) is 256. The van der Waals surface area contributed by atoms with E-state index < -0.39 is 282 Å². The van der Waals surface area contributed by atoms with Gasteiger partial charge in [0.1, 0.15) is 79.3 Å². The molecular weight excluding hydrogens is 2030 g/mol. The number of hydrogen-bond acceptors (Lipinski definition) is 57. The second-order valence-electron chi connectivity index (χ2n) is 27.9. The van der Waals surface area contributed by atoms with Gasteiger partial charge in [-0.3, -0.25) is 0 Å². The van der Waals surface area contributed by atoms with Crippen LogP contribution >= 0.6 is 0 Å². The molecule has 11 aliphatic rings. The molecule has 2 aromatic carbocycles. The number of rotatable bonds is 39. The van der Waals surface area contributed by atoms with Gasteiger partial charge in [0, 0.05) is 6.42 Å². The Morgan fingerprint density at radius 3 is 0.472 bits per heavy atom. The van der Waals surface area contributed by atoms with E-state index in [0.29, 0.717) is 44.9 Å². The van der Waals surface area contributed by atoms with Gasteiger partial charge in [-0.1, -0.05) is 0 Å². The first-order chi connectivity index (χ1) is 68.6. The molecule has 11 saturated heterocycles. The van der Waals surface area contributed by atoms with E-state index in [9.17, 15) is 154 Å². The van der Waals surface area contributed by atoms with E-state index in [-0.39, 0.29) is 139 Å². The highest BCUT2D eigenvalue weighted by Gasteiger charge is 2.51. The van der Waals surface area contributed by atoms with Gasteiger partial charge in [0.15, 0.2) is 0 Å². The van der Waals surface area contributed by atoms with Gasteiger partial charge < -0.3 is 161 Å². The summed E-state index contributed by atoms with van der Waals surface area (Å²) in [5.41, 5.74) is 0. The van der Waals surface area contributed by atoms with Crippen LogP contribution in [0.5, 0.6) is 11.5 Å². The average Bonchev–Trinajstić information content (AvgIpc) is 1.76. The second-order valence-corrected chi connectivity index (χ2v) is 27.9. The Morgan fingerprint density at radius 1 is 0.174 bits per heavy atom. The van der Waals surface area contributed by atoms with Gasteiger partial charge in [-0.15, -0.1) is 0 Å². The van der Waals surface area contributed by atoms with Crippen LogP contribution in [-0.2, 0) is 209 Å². The largest absolute Gasteiger partial charge is 0.510 e. The van der Waals surface area contributed by atoms with Crippen LogP contribution in [0.2, 0.25) is 0 Å². The summed E-state index contributed by atoms with van der Waals surface area (Å²) in [5, 5.41) is 0. The molecule has 57 nitrogen and oxygen atoms in total. The normalized spacial score (nSPS) is 21.7. The summed E-state index contributed by atoms with van der Waals surface area (Å²) in [6, 6.07) is 0. The monoisotopic (exact) mass is 2100 g/mol. The molecule has 144 heavy (non-hydrogen) atoms. The van der Waals surface area contributed by atoms with E-state index in [1.165, 1.54) is 0 Å². The SMILES string of the molecule is O=C1OC(C(=O)Oc2c(F)c(F)c(F)c(F)c2F)C(C(=O)Oc2c(F)c(F)c(F)c(F)c2F)O1.O=C1OCC(C(=O)OCCCCCCOC(=O)C2COC(=O)O2)O1.O=C1OCC(C(=O)OCCCCCOC(=O)C2COC(=O)O2)O1.O=C1OCC(C(=O)OCCCCOC(=O)C2COC(=O)O2)O1.O=C1OCC(C(=O)OCCCOC(=O)C2COC(=O)O2)O1.O=C1OCC(C(=O)OCCOC(=O)C2COC(=O)O2)O1. The predicted molar refractivity (Wildman–Crippen MR) is 397 cm³/mol. The lowest BCUT2D eigenvalue weighted by atomic mass is 10.2. The predicted octanol–water partition coefficient (Wildman–Crippen LogP) is 3.11. The maximum absolute atomic E-state index is 13.7. The molecule has 2 aromatic rings. The molecule has 792 valence electrons. The fourth-order valence-corrected chi connectivity index (χ4v) is 10.6. The van der Waals surface area contributed by atoms with Gasteiger partial charge in [-0.2, -0.15) is 17.6 Å². The maximum atomic E-state index is 13.7. The van der Waals surface area contributed by atoms with Crippen molar-refractivity contribution in [1.82, 2.24) is 0 Å². The van der Waals surface area contributed by atoms with Crippen molar-refractivity contribution in [3.8, 4) is 11.5 Å². The number of ether oxygens (including phenoxy) is 34. The Bertz CT molecular complexity index is 4730. The third-order valence-corrected chi connectivity index (χ3v) is 17.7. The van der Waals surface area contributed by atoms with Gasteiger partial charge in [-0.25, -0.2) is 137 Å². The van der Waals surface area contributed by atoms with E-state index in [2.05, 4.69) is 114 Å². The third-order valence-electron chi connectivity index (χ3n) is 17.7. The van der Waals surface area contributed by atoms with Crippen LogP contribution < -0.4 is 9.47 Å². The highest BCUT2D eigenvalue weighted by Crippen LogP contribution is 2.34. The second kappa shape index (κ2) is 56.0. The molecule has 0 N–H and O–H groups in total. The number of carbonyl (C=O) groups excluding carboxylic acids is 23. The summed E-state index contributed by atoms with van der Waals surface area (Å²) in [5.74, 6) is -41.9. The van der Waals surface area contributed by atoms with E-state index in [1.807, 2.05) is 0 Å². The molecule has 0 aliphatic carbocycles. The zero-order chi connectivity index (χ0) is 105. The van der Waals surface area contributed by atoms with Crippen LogP contribution in [0.1, 0.15) is 64.2 Å². The minimum atomic E-state index is -2.75. The number of esters is 12. The van der Waals surface area contributed by atoms with Crippen molar-refractivity contribution in [2.24, 2.45) is 0 Å². The van der Waals surface area contributed by atoms with E-state index >= 15 is 0 Å². The Labute approximate surface area is 791 Å². The first-order valence-corrected chi connectivity index (χ1v) is 40.9. The van der Waals surface area contributed by atoms with Crippen molar-refractivity contribution in [3.63, 3.8) is 0 Å². The molecule has 11 aliphatic heterocycles. The molecule has 12 atom stereocenters. The van der Waals surface area contributed by atoms with Gasteiger partial charge in [0.2, 0.25) is 143 Å². The Kier molecular flexibility index (Phi) is 43.8. The van der Waals surface area contributed by atoms with Gasteiger partial charge >= 0.3 is 139 Å². The minimum Gasteiger partial charge on any atom is -0.463 e. The Balaban J connectivity index is 0.000000213. The number of halogens is 10. The zero-order valence-corrected chi connectivity index (χ0v) is 72.7. The van der Waals surface area contributed by atoms with Crippen molar-refractivity contribution in [1.29, 1.82) is 0 Å². The lowest BCUT2D eigenvalue weighted by Crippen LogP contribution is -2.42. The van der Waals surface area contributed by atoms with Gasteiger partial charge in [0.05, 0.1) is 52.9 Å². The summed E-state index contributed by atoms with van der Waals surface area (Å²) in [6.07, 6.45) is -21.1. The van der Waals surface area contributed by atoms with Gasteiger partial charge in [-0.05, 0) is 57.8 Å². The highest BCUT2D eigenvalue weighted by atomic mass is 19.2. The molecule has 0 saturated carbocycles. The number of cyclic esters (lactones) is 22. The van der Waals surface area contributed by atoms with Crippen molar-refractivity contribution in [2.45, 2.75) is 137 Å². The number of carbonyl (C=O) groups is 23. The third kappa shape index (κ3) is 35.3. The van der Waals surface area contributed by atoms with Crippen molar-refractivity contribution in [2.75, 3.05) is 132 Å². The maximum Gasteiger partial charge on any atom is 0.510 e. The zero-order valence-electron chi connectivity index (χ0n) is 72.7. The van der Waals surface area contributed by atoms with Crippen molar-refractivity contribution >= 4 is 139 Å². The van der Waals surface area contributed by atoms with E-state index in [4.69, 9.17) is 47.4 Å². The molecule has 12 unspecified atom stereocenters. The van der Waals surface area contributed by atoms with E-state index in [1.54, 1.807) is 0 Å². The summed E-state index contributed by atoms with van der Waals surface area (Å²) in [6.45, 7) is -1.22. The van der Waals surface area contributed by atoms with E-state index in [0.717, 1.165) is 12.8 Å². The van der Waals surface area contributed by atoms with Crippen LogP contribution in [0.4, 0.5) is 96.6 Å². The lowest BCUT2D eigenvalue weighted by molar-refractivity contribution is -0.160. The Morgan fingerprint density at radius 2 is 0.312 bits per heavy atom. The standard InChI is InChI=1S/C17H2F10O7.C14H18O10.C13H16O10.C12H14O10.C11H12O10.C10H10O10/c18-1-3(20)7(24)11(8(25)4(1)21)31-15(28)13-14(34-17(30)33-13)16(29)32-12-9(26)5(22)2(19)6(23)10(12)27;15-11(9-7-21-13(17)23-9)19-5-3-1-2-4-6-20-12(16)10-8-22-14(18)24-10;14-10(8-6-20-12(16)22-8)18-4-2-1-3-5-19-11(15)9-7-21-13(17)23-9;13-9(7-5-19-11(15)21-7)17-3-1-2-4-18-10(14)8-6-20-12(16)22-8;12-8(6-4-18-10(14)20-6)16-2-1-3-17-9(13)7-5-19-11(15)21-7;11-7(5-3-17-9(13)19-5)15-1-2-16-8(12)6-4-18-10(14)20-6/h13-14H;9-10H,1-8H2;8-9H,1-7H2;7-8H,1-6H2;6-7H,1-5H2;5-6H,1-4H2. The molecule has 11 heterocycles. The van der Waals surface area contributed by atoms with Crippen LogP contribution in [0.25, 0.3) is 0 Å². The highest BCUT2D eigenvalue weighted by molar-refractivity contribution is 5.93. The fraction of sp³-hybridized carbons (Fsp3) is 0.545. The number of hydrogen-bond donors (Lipinski definition) is 0. The molecule has 0 spiro atoms. The van der Waals surface area contributed by atoms with Crippen molar-refractivity contribution < 1.29 is 315 Å². The average molecular weight is 2100 g/mol. The first-order valence-electron chi connectivity index (χ1n) is 40.9. The first kappa shape index (κ1) is 113. The summed E-state index contributed by atoms with van der Waals surface area (Å²) >= 11 is 0. The Hall–Kier alpha value is -16.6. The summed E-state index contributed by atoms with van der Waals surface area (Å²) in [7, 11) is 0. The van der Waals surface area contributed by atoms with Crippen LogP contribution in [0.15, 0.2) is 0 Å². The van der Waals surface area contributed by atoms with Crippen LogP contribution in [0, 0.1) is 58.2 Å². The van der Waals surface area contributed by atoms with Crippen LogP contribution in [0.3, 0.4) is 0 Å². The molecule has 0 amide bonds. The topological polar surface area (TPSA) is 706 Å². The molecule has 0 radical (unpaired) electrons. The van der Waals surface area contributed by atoms with Crippen molar-refractivity contribution in [3.05, 3.63) is 58.2 Å². The fourth-order valence-electron chi connectivity index (χ4n) is 10.6. The molecule has 0 bridgehead atoms. The molecular formula is C77H72F10O57. The number of benzene rings is 2. The summed E-state index contributed by atoms with van der Waals surface area (Å²) < 4.78 is 288. The minimum absolute atomic E-state index is 0.0267. The molecule has 0 aromatic heterocycles. The smallest absolute Gasteiger partial charge is 0.463 e. The number of unbranched alkanes of at least 4 members (excludes halogenated alkanes) is 6. The molecule has 11 fully saturated rings. The van der Waals surface area contributed by atoms with Gasteiger partial charge in [0.25, 0.3) is 0 Å².